The van der Waals surface area contributed by atoms with Crippen LogP contribution in [-0.2, 0) is 0 Å². The van der Waals surface area contributed by atoms with Crippen molar-refractivity contribution in [2.45, 2.75) is 39.8 Å². The molecule has 0 radical (unpaired) electrons. The number of hydrogen-bond acceptors (Lipinski definition) is 7. The third kappa shape index (κ3) is 6.46. The molecule has 10 heteroatoms. The fourth-order valence-electron chi connectivity index (χ4n) is 4.40. The second-order valence-electron chi connectivity index (χ2n) is 10.00. The molecular weight excluding hydrogens is 498 g/mol. The average molecular weight is 534 g/mol. The number of amides is 3. The number of aryl methyl sites for hydroxylation is 2. The third-order valence-corrected chi connectivity index (χ3v) is 6.88. The summed E-state index contributed by atoms with van der Waals surface area (Å²) in [6.45, 7) is 7.65. The quantitative estimate of drug-likeness (QED) is 0.466. The molecule has 1 aromatic carbocycles. The molecule has 39 heavy (non-hydrogen) atoms. The number of urea groups is 1. The van der Waals surface area contributed by atoms with E-state index in [0.717, 1.165) is 11.1 Å². The Balaban J connectivity index is 1.60. The second-order valence-corrected chi connectivity index (χ2v) is 10.00. The molecule has 2 N–H and O–H groups in total. The molecule has 0 aliphatic carbocycles. The maximum absolute atomic E-state index is 13.6. The van der Waals surface area contributed by atoms with Crippen molar-refractivity contribution in [1.82, 2.24) is 19.9 Å². The number of hydrogen-bond donors (Lipinski definition) is 2. The van der Waals surface area contributed by atoms with E-state index in [1.807, 2.05) is 49.4 Å². The summed E-state index contributed by atoms with van der Waals surface area (Å²) >= 11 is 0. The molecule has 3 amide bonds. The van der Waals surface area contributed by atoms with Crippen molar-refractivity contribution >= 4 is 29.8 Å². The lowest BCUT2D eigenvalue weighted by atomic mass is 10.00. The number of rotatable bonds is 7. The Kier molecular flexibility index (Phi) is 8.65. The topological polar surface area (TPSA) is 121 Å². The van der Waals surface area contributed by atoms with Gasteiger partial charge in [-0.2, -0.15) is 0 Å². The second kappa shape index (κ2) is 12.1. The van der Waals surface area contributed by atoms with Gasteiger partial charge >= 0.3 is 6.03 Å². The molecule has 0 saturated carbocycles. The summed E-state index contributed by atoms with van der Waals surface area (Å²) in [5, 5.41) is 16.6. The number of aliphatic hydroxyl groups is 1. The number of carbonyl (C=O) groups is 2. The standard InChI is InChI=1S/C29H35N5O5/c1-18-15-34(19(2)17-35)28(36)24-13-23(12-11-22-9-7-6-8-10-22)14-30-27(24)38-25(18)16-33(5)29(37)31-26-20(3)32-39-21(26)4/h6-14,18-19,25,35H,15-17H2,1-5H3,(H,31,37)/b12-11+/t18-,19+,25-/m1/s1. The molecule has 0 unspecified atom stereocenters. The van der Waals surface area contributed by atoms with E-state index in [0.29, 0.717) is 29.2 Å². The number of benzene rings is 1. The highest BCUT2D eigenvalue weighted by molar-refractivity contribution is 5.97. The normalized spacial score (nSPS) is 18.2. The van der Waals surface area contributed by atoms with Crippen molar-refractivity contribution in [2.75, 3.05) is 32.1 Å². The van der Waals surface area contributed by atoms with Crippen LogP contribution in [0.15, 0.2) is 47.1 Å². The van der Waals surface area contributed by atoms with E-state index in [4.69, 9.17) is 9.26 Å². The average Bonchev–Trinajstić information content (AvgIpc) is 3.25. The zero-order valence-electron chi connectivity index (χ0n) is 22.9. The molecule has 3 aromatic rings. The van der Waals surface area contributed by atoms with Gasteiger partial charge in [-0.1, -0.05) is 54.6 Å². The molecule has 3 heterocycles. The van der Waals surface area contributed by atoms with E-state index < -0.39 is 12.1 Å². The summed E-state index contributed by atoms with van der Waals surface area (Å²) in [5.41, 5.74) is 3.20. The molecule has 1 aliphatic heterocycles. The summed E-state index contributed by atoms with van der Waals surface area (Å²) in [4.78, 5) is 34.3. The summed E-state index contributed by atoms with van der Waals surface area (Å²) in [6.07, 6.45) is 5.02. The summed E-state index contributed by atoms with van der Waals surface area (Å²) in [7, 11) is 1.67. The largest absolute Gasteiger partial charge is 0.472 e. The van der Waals surface area contributed by atoms with Gasteiger partial charge in [0.25, 0.3) is 5.91 Å². The fraction of sp³-hybridized carbons (Fsp3) is 0.379. The minimum atomic E-state index is -0.469. The van der Waals surface area contributed by atoms with Crippen LogP contribution in [0.3, 0.4) is 0 Å². The molecule has 0 spiro atoms. The van der Waals surface area contributed by atoms with Gasteiger partial charge in [0.1, 0.15) is 23.0 Å². The zero-order valence-corrected chi connectivity index (χ0v) is 22.9. The fourth-order valence-corrected chi connectivity index (χ4v) is 4.40. The number of carbonyl (C=O) groups excluding carboxylic acids is 2. The summed E-state index contributed by atoms with van der Waals surface area (Å²) < 4.78 is 11.4. The van der Waals surface area contributed by atoms with E-state index in [9.17, 15) is 14.7 Å². The molecule has 0 fully saturated rings. The van der Waals surface area contributed by atoms with Gasteiger partial charge in [-0.25, -0.2) is 9.78 Å². The number of nitrogens with one attached hydrogen (secondary N) is 1. The Morgan fingerprint density at radius 3 is 2.64 bits per heavy atom. The first kappa shape index (κ1) is 27.8. The van der Waals surface area contributed by atoms with E-state index in [1.54, 1.807) is 45.0 Å². The van der Waals surface area contributed by atoms with E-state index in [1.165, 1.54) is 4.90 Å². The predicted octanol–water partition coefficient (Wildman–Crippen LogP) is 4.24. The number of pyridine rings is 1. The highest BCUT2D eigenvalue weighted by Crippen LogP contribution is 2.28. The van der Waals surface area contributed by atoms with E-state index in [-0.39, 0.29) is 36.9 Å². The van der Waals surface area contributed by atoms with Crippen molar-refractivity contribution < 1.29 is 24.0 Å². The number of nitrogens with zero attached hydrogens (tertiary/aromatic N) is 4. The van der Waals surface area contributed by atoms with Crippen LogP contribution in [0, 0.1) is 19.8 Å². The summed E-state index contributed by atoms with van der Waals surface area (Å²) in [6, 6.07) is 10.8. The first-order valence-corrected chi connectivity index (χ1v) is 12.9. The minimum Gasteiger partial charge on any atom is -0.472 e. The molecule has 0 bridgehead atoms. The number of ether oxygens (including phenoxy) is 1. The molecule has 206 valence electrons. The Bertz CT molecular complexity index is 1320. The third-order valence-electron chi connectivity index (χ3n) is 6.88. The van der Waals surface area contributed by atoms with Crippen LogP contribution in [0.4, 0.5) is 10.5 Å². The summed E-state index contributed by atoms with van der Waals surface area (Å²) in [5.74, 6) is 0.295. The number of anilines is 1. The maximum Gasteiger partial charge on any atom is 0.321 e. The van der Waals surface area contributed by atoms with Gasteiger partial charge in [-0.3, -0.25) is 4.79 Å². The highest BCUT2D eigenvalue weighted by atomic mass is 16.5. The van der Waals surface area contributed by atoms with Crippen LogP contribution in [-0.4, -0.2) is 75.9 Å². The van der Waals surface area contributed by atoms with Crippen molar-refractivity contribution in [3.8, 4) is 5.88 Å². The van der Waals surface area contributed by atoms with Crippen LogP contribution in [0.1, 0.15) is 46.8 Å². The predicted molar refractivity (Wildman–Crippen MR) is 148 cm³/mol. The van der Waals surface area contributed by atoms with Crippen molar-refractivity contribution in [1.29, 1.82) is 0 Å². The molecule has 3 atom stereocenters. The van der Waals surface area contributed by atoms with Gasteiger partial charge in [0, 0.05) is 25.7 Å². The van der Waals surface area contributed by atoms with Crippen molar-refractivity contribution in [3.63, 3.8) is 0 Å². The Morgan fingerprint density at radius 1 is 1.26 bits per heavy atom. The molecular formula is C29H35N5O5. The molecule has 1 aliphatic rings. The number of aromatic nitrogens is 2. The Morgan fingerprint density at radius 2 is 1.97 bits per heavy atom. The SMILES string of the molecule is Cc1noc(C)c1NC(=O)N(C)C[C@H]1Oc2ncc(/C=C/c3ccccc3)cc2C(=O)N([C@@H](C)CO)C[C@H]1C. The van der Waals surface area contributed by atoms with Crippen LogP contribution in [0.25, 0.3) is 12.2 Å². The molecule has 0 saturated heterocycles. The van der Waals surface area contributed by atoms with Gasteiger partial charge in [0.15, 0.2) is 5.76 Å². The minimum absolute atomic E-state index is 0.162. The van der Waals surface area contributed by atoms with Gasteiger partial charge in [0.05, 0.1) is 19.2 Å². The van der Waals surface area contributed by atoms with Gasteiger partial charge in [-0.15, -0.1) is 0 Å². The van der Waals surface area contributed by atoms with E-state index in [2.05, 4.69) is 15.5 Å². The lowest BCUT2D eigenvalue weighted by Crippen LogP contribution is -2.50. The molecule has 10 nitrogen and oxygen atoms in total. The first-order chi connectivity index (χ1) is 18.7. The number of fused-ring (bicyclic) bond motifs is 1. The zero-order chi connectivity index (χ0) is 28.1. The lowest BCUT2D eigenvalue weighted by Gasteiger charge is -2.37. The Hall–Kier alpha value is -4.18. The Labute approximate surface area is 228 Å². The van der Waals surface area contributed by atoms with Gasteiger partial charge < -0.3 is 29.5 Å². The van der Waals surface area contributed by atoms with Crippen LogP contribution >= 0.6 is 0 Å². The van der Waals surface area contributed by atoms with Gasteiger partial charge in [0.2, 0.25) is 5.88 Å². The molecule has 2 aromatic heterocycles. The number of aliphatic hydroxyl groups excluding tert-OH is 1. The van der Waals surface area contributed by atoms with Crippen molar-refractivity contribution in [2.24, 2.45) is 5.92 Å². The highest BCUT2D eigenvalue weighted by Gasteiger charge is 2.34. The van der Waals surface area contributed by atoms with Crippen LogP contribution < -0.4 is 10.1 Å². The molecule has 4 rings (SSSR count). The smallest absolute Gasteiger partial charge is 0.321 e. The maximum atomic E-state index is 13.6. The van der Waals surface area contributed by atoms with Crippen LogP contribution in [0.2, 0.25) is 0 Å². The van der Waals surface area contributed by atoms with Gasteiger partial charge in [-0.05, 0) is 38.0 Å². The van der Waals surface area contributed by atoms with E-state index >= 15 is 0 Å². The lowest BCUT2D eigenvalue weighted by molar-refractivity contribution is 0.0356. The first-order valence-electron chi connectivity index (χ1n) is 12.9. The van der Waals surface area contributed by atoms with Crippen LogP contribution in [0.5, 0.6) is 5.88 Å². The number of likely N-dealkylation sites (N-methyl/N-ethyl adjacent to an activating group) is 1. The van der Waals surface area contributed by atoms with Crippen molar-refractivity contribution in [3.05, 3.63) is 70.7 Å². The monoisotopic (exact) mass is 533 g/mol.